The van der Waals surface area contributed by atoms with Gasteiger partial charge in [0.1, 0.15) is 12.2 Å². The maximum atomic E-state index is 9.80. The Morgan fingerprint density at radius 3 is 2.83 bits per heavy atom. The number of aliphatic hydroxyl groups excluding tert-OH is 2. The van der Waals surface area contributed by atoms with Crippen LogP contribution in [0.1, 0.15) is 25.5 Å². The molecule has 0 bridgehead atoms. The Morgan fingerprint density at radius 2 is 2.00 bits per heavy atom. The Balaban J connectivity index is 2.92. The molecule has 0 saturated carbocycles. The van der Waals surface area contributed by atoms with Gasteiger partial charge in [0.2, 0.25) is 0 Å². The fourth-order valence-corrected chi connectivity index (χ4v) is 1.03. The van der Waals surface area contributed by atoms with E-state index in [1.807, 2.05) is 0 Å². The first-order valence-electron chi connectivity index (χ1n) is 6.43. The fourth-order valence-electron chi connectivity index (χ4n) is 1.03. The van der Waals surface area contributed by atoms with E-state index in [9.17, 15) is 10.2 Å². The van der Waals surface area contributed by atoms with Gasteiger partial charge in [0.05, 0.1) is 8.22 Å². The van der Waals surface area contributed by atoms with Gasteiger partial charge < -0.3 is 10.2 Å². The van der Waals surface area contributed by atoms with Crippen LogP contribution in [0.15, 0.2) is 30.2 Å². The van der Waals surface area contributed by atoms with Gasteiger partial charge >= 0.3 is 0 Å². The summed E-state index contributed by atoms with van der Waals surface area (Å²) in [6.07, 6.45) is -3.27. The van der Waals surface area contributed by atoms with Gasteiger partial charge in [0, 0.05) is 0 Å². The number of fused-ring (bicyclic) bond motifs is 1. The van der Waals surface area contributed by atoms with Gasteiger partial charge in [-0.2, -0.15) is 0 Å². The van der Waals surface area contributed by atoms with Crippen LogP contribution >= 0.6 is 0 Å². The molecule has 2 nitrogen and oxygen atoms in total. The molecular weight excluding hydrogens is 152 g/mol. The van der Waals surface area contributed by atoms with Crippen LogP contribution in [-0.4, -0.2) is 16.3 Å². The predicted octanol–water partition coefficient (Wildman–Crippen LogP) is 1.11. The molecule has 0 aliphatic heterocycles. The quantitative estimate of drug-likeness (QED) is 0.609. The summed E-state index contributed by atoms with van der Waals surface area (Å²) in [5, 5.41) is 19.4. The van der Waals surface area contributed by atoms with Crippen molar-refractivity contribution in [1.29, 1.82) is 0 Å². The summed E-state index contributed by atoms with van der Waals surface area (Å²) < 4.78 is 45.4. The minimum absolute atomic E-state index is 0.219. The Kier molecular flexibility index (Phi) is 0.757. The van der Waals surface area contributed by atoms with Crippen molar-refractivity contribution in [3.05, 3.63) is 41.3 Å². The van der Waals surface area contributed by atoms with Crippen LogP contribution in [0.5, 0.6) is 0 Å². The molecule has 0 radical (unpaired) electrons. The van der Waals surface area contributed by atoms with E-state index in [2.05, 4.69) is 0 Å². The molecule has 1 aliphatic carbocycles. The molecule has 0 heterocycles. The number of aliphatic hydroxyl groups is 2. The highest BCUT2D eigenvalue weighted by molar-refractivity contribution is 5.58. The van der Waals surface area contributed by atoms with Gasteiger partial charge in [0.25, 0.3) is 0 Å². The zero-order valence-electron chi connectivity index (χ0n) is 12.0. The molecule has 0 spiro atoms. The van der Waals surface area contributed by atoms with E-state index >= 15 is 0 Å². The van der Waals surface area contributed by atoms with Gasteiger partial charge in [-0.05, 0) is 11.1 Å². The first kappa shape index (κ1) is 3.32. The third kappa shape index (κ3) is 1.05. The molecule has 1 aliphatic rings. The fraction of sp³-hybridized carbons (Fsp3) is 0.200. The van der Waals surface area contributed by atoms with Crippen molar-refractivity contribution in [2.75, 3.05) is 0 Å². The van der Waals surface area contributed by atoms with Crippen molar-refractivity contribution >= 4 is 6.05 Å². The van der Waals surface area contributed by atoms with Crippen LogP contribution in [0.2, 0.25) is 0 Å². The second kappa shape index (κ2) is 2.73. The Hall–Kier alpha value is -1.12. The number of rotatable bonds is 0. The Morgan fingerprint density at radius 1 is 1.25 bits per heavy atom. The maximum Gasteiger partial charge on any atom is 0.109 e. The Labute approximate surface area is 79.2 Å². The lowest BCUT2D eigenvalue weighted by atomic mass is 9.93. The van der Waals surface area contributed by atoms with Gasteiger partial charge in [-0.1, -0.05) is 36.3 Å². The molecule has 12 heavy (non-hydrogen) atoms. The highest BCUT2D eigenvalue weighted by Crippen LogP contribution is 2.27. The van der Waals surface area contributed by atoms with Gasteiger partial charge in [-0.25, -0.2) is 0 Å². The predicted molar refractivity (Wildman–Crippen MR) is 46.4 cm³/mol. The average molecular weight is 168 g/mol. The third-order valence-corrected chi connectivity index (χ3v) is 1.66. The van der Waals surface area contributed by atoms with E-state index in [0.29, 0.717) is 0 Å². The molecule has 2 atom stereocenters. The standard InChI is InChI=1S/C10H10O2/c11-9-6-5-7-3-1-2-4-8(7)10(9)12/h1-6,9-12H/t9-,10-/m0/s1/i1D,2D,3D,4D,5D,6D. The van der Waals surface area contributed by atoms with E-state index in [1.165, 1.54) is 0 Å². The second-order valence-electron chi connectivity index (χ2n) is 2.45. The van der Waals surface area contributed by atoms with Crippen LogP contribution < -0.4 is 0 Å². The number of benzene rings is 1. The summed E-state index contributed by atoms with van der Waals surface area (Å²) in [5.41, 5.74) is -0.446. The van der Waals surface area contributed by atoms with E-state index in [4.69, 9.17) is 8.22 Å². The number of hydrogen-bond acceptors (Lipinski definition) is 2. The SMILES string of the molecule is [2H]C1=C([2H])[C@H](O)[C@@H](O)c2c([2H])c([2H])c([2H])c([2H])c21. The lowest BCUT2D eigenvalue weighted by Crippen LogP contribution is -2.19. The summed E-state index contributed by atoms with van der Waals surface area (Å²) in [4.78, 5) is 0. The molecule has 0 unspecified atom stereocenters. The van der Waals surface area contributed by atoms with Crippen molar-refractivity contribution in [3.63, 3.8) is 0 Å². The van der Waals surface area contributed by atoms with Gasteiger partial charge in [-0.15, -0.1) is 0 Å². The molecular formula is C10H10O2. The van der Waals surface area contributed by atoms with E-state index in [0.717, 1.165) is 0 Å². The van der Waals surface area contributed by atoms with Crippen molar-refractivity contribution in [2.45, 2.75) is 12.2 Å². The van der Waals surface area contributed by atoms with Crippen LogP contribution in [0, 0.1) is 0 Å². The Bertz CT molecular complexity index is 568. The largest absolute Gasteiger partial charge is 0.386 e. The highest BCUT2D eigenvalue weighted by atomic mass is 16.3. The van der Waals surface area contributed by atoms with Crippen LogP contribution in [0.3, 0.4) is 0 Å². The molecule has 2 rings (SSSR count). The van der Waals surface area contributed by atoms with Crippen molar-refractivity contribution in [2.24, 2.45) is 0 Å². The number of hydrogen-bond donors (Lipinski definition) is 2. The zero-order chi connectivity index (χ0) is 13.8. The molecule has 1 aromatic rings. The summed E-state index contributed by atoms with van der Waals surface area (Å²) in [5.74, 6) is 0. The van der Waals surface area contributed by atoms with Crippen molar-refractivity contribution in [1.82, 2.24) is 0 Å². The zero-order valence-corrected chi connectivity index (χ0v) is 6.05. The summed E-state index contributed by atoms with van der Waals surface area (Å²) >= 11 is 0. The molecule has 0 saturated heterocycles. The third-order valence-electron chi connectivity index (χ3n) is 1.66. The average Bonchev–Trinajstić information content (AvgIpc) is 2.35. The molecule has 2 heteroatoms. The van der Waals surface area contributed by atoms with Crippen LogP contribution in [0.4, 0.5) is 0 Å². The maximum absolute atomic E-state index is 9.80. The minimum Gasteiger partial charge on any atom is -0.386 e. The highest BCUT2D eigenvalue weighted by Gasteiger charge is 2.20. The molecule has 2 N–H and O–H groups in total. The lowest BCUT2D eigenvalue weighted by Gasteiger charge is -2.21. The lowest BCUT2D eigenvalue weighted by molar-refractivity contribution is 0.0470. The smallest absolute Gasteiger partial charge is 0.109 e. The molecule has 0 amide bonds. The summed E-state index contributed by atoms with van der Waals surface area (Å²) in [6.45, 7) is 0. The van der Waals surface area contributed by atoms with Crippen LogP contribution in [-0.2, 0) is 0 Å². The van der Waals surface area contributed by atoms with Crippen molar-refractivity contribution < 1.29 is 18.4 Å². The molecule has 62 valence electrons. The first-order chi connectivity index (χ1) is 8.29. The molecule has 0 fully saturated rings. The first-order valence-corrected chi connectivity index (χ1v) is 3.43. The molecule has 1 aromatic carbocycles. The van der Waals surface area contributed by atoms with E-state index in [1.54, 1.807) is 0 Å². The van der Waals surface area contributed by atoms with Crippen LogP contribution in [0.25, 0.3) is 6.05 Å². The normalized spacial score (nSPS) is 35.5. The minimum atomic E-state index is -1.65. The summed E-state index contributed by atoms with van der Waals surface area (Å²) in [7, 11) is 0. The summed E-state index contributed by atoms with van der Waals surface area (Å²) in [6, 6.07) is -3.08. The van der Waals surface area contributed by atoms with E-state index < -0.39 is 48.5 Å². The van der Waals surface area contributed by atoms with Crippen molar-refractivity contribution in [3.8, 4) is 0 Å². The monoisotopic (exact) mass is 168 g/mol. The topological polar surface area (TPSA) is 40.5 Å². The van der Waals surface area contributed by atoms with E-state index in [-0.39, 0.29) is 11.1 Å². The van der Waals surface area contributed by atoms with Gasteiger partial charge in [-0.3, -0.25) is 0 Å². The van der Waals surface area contributed by atoms with Gasteiger partial charge in [0.15, 0.2) is 0 Å². The second-order valence-corrected chi connectivity index (χ2v) is 2.45. The molecule has 0 aromatic heterocycles.